The number of carbonyl (C=O) groups is 1. The summed E-state index contributed by atoms with van der Waals surface area (Å²) in [6, 6.07) is 0. The molecule has 1 spiro atoms. The van der Waals surface area contributed by atoms with Gasteiger partial charge in [-0.2, -0.15) is 0 Å². The fourth-order valence-electron chi connectivity index (χ4n) is 3.37. The number of amides is 1. The van der Waals surface area contributed by atoms with Crippen LogP contribution in [0, 0.1) is 5.41 Å². The molecule has 0 unspecified atom stereocenters. The minimum atomic E-state index is 0.191. The summed E-state index contributed by atoms with van der Waals surface area (Å²) in [6.07, 6.45) is 9.65. The number of aromatic nitrogens is 2. The van der Waals surface area contributed by atoms with Crippen LogP contribution in [0.2, 0.25) is 0 Å². The molecule has 0 radical (unpaired) electrons. The summed E-state index contributed by atoms with van der Waals surface area (Å²) in [4.78, 5) is 21.4. The van der Waals surface area contributed by atoms with Gasteiger partial charge in [-0.1, -0.05) is 0 Å². The van der Waals surface area contributed by atoms with Crippen molar-refractivity contribution in [3.63, 3.8) is 0 Å². The monoisotopic (exact) mass is 275 g/mol. The lowest BCUT2D eigenvalue weighted by molar-refractivity contribution is -0.131. The highest BCUT2D eigenvalue weighted by Gasteiger charge is 2.42. The molecule has 0 bridgehead atoms. The van der Waals surface area contributed by atoms with Crippen molar-refractivity contribution in [1.29, 1.82) is 0 Å². The number of nitrogens with zero attached hydrogens (tertiary/aromatic N) is 3. The van der Waals surface area contributed by atoms with E-state index >= 15 is 0 Å². The molecule has 5 heteroatoms. The van der Waals surface area contributed by atoms with Gasteiger partial charge in [-0.25, -0.2) is 9.97 Å². The number of hydrogen-bond acceptors (Lipinski definition) is 4. The standard InChI is InChI=1S/C15H21N3O2/c1-12(19)18-4-2-15(3-5-18)7-14(20-10-15)6-13-8-16-11-17-9-13/h8-9,11,14H,2-7,10H2,1H3/t14-/m0/s1. The maximum absolute atomic E-state index is 11.4. The third kappa shape index (κ3) is 2.82. The van der Waals surface area contributed by atoms with Crippen molar-refractivity contribution < 1.29 is 9.53 Å². The van der Waals surface area contributed by atoms with Crippen LogP contribution in [0.4, 0.5) is 0 Å². The predicted octanol–water partition coefficient (Wildman–Crippen LogP) is 1.44. The van der Waals surface area contributed by atoms with E-state index < -0.39 is 0 Å². The van der Waals surface area contributed by atoms with Crippen LogP contribution >= 0.6 is 0 Å². The first-order valence-corrected chi connectivity index (χ1v) is 7.28. The van der Waals surface area contributed by atoms with E-state index in [4.69, 9.17) is 4.74 Å². The lowest BCUT2D eigenvalue weighted by Crippen LogP contribution is -2.42. The van der Waals surface area contributed by atoms with E-state index in [1.807, 2.05) is 17.3 Å². The number of carbonyl (C=O) groups excluding carboxylic acids is 1. The highest BCUT2D eigenvalue weighted by molar-refractivity contribution is 5.73. The Morgan fingerprint density at radius 2 is 2.10 bits per heavy atom. The van der Waals surface area contributed by atoms with Crippen LogP contribution in [-0.2, 0) is 16.0 Å². The van der Waals surface area contributed by atoms with Crippen LogP contribution in [0.15, 0.2) is 18.7 Å². The SMILES string of the molecule is CC(=O)N1CCC2(CC1)CO[C@@H](Cc1cncnc1)C2. The van der Waals surface area contributed by atoms with Gasteiger partial charge in [-0.05, 0) is 30.2 Å². The Morgan fingerprint density at radius 1 is 1.40 bits per heavy atom. The summed E-state index contributed by atoms with van der Waals surface area (Å²) in [5.41, 5.74) is 1.42. The lowest BCUT2D eigenvalue weighted by Gasteiger charge is -2.38. The van der Waals surface area contributed by atoms with E-state index in [0.29, 0.717) is 0 Å². The minimum Gasteiger partial charge on any atom is -0.377 e. The Morgan fingerprint density at radius 3 is 2.75 bits per heavy atom. The van der Waals surface area contributed by atoms with Gasteiger partial charge in [0.05, 0.1) is 12.7 Å². The average Bonchev–Trinajstić information content (AvgIpc) is 2.83. The molecule has 3 rings (SSSR count). The Kier molecular flexibility index (Phi) is 3.70. The van der Waals surface area contributed by atoms with Crippen LogP contribution in [0.5, 0.6) is 0 Å². The van der Waals surface area contributed by atoms with Crippen LogP contribution in [0.1, 0.15) is 31.7 Å². The summed E-state index contributed by atoms with van der Waals surface area (Å²) in [7, 11) is 0. The van der Waals surface area contributed by atoms with Crippen LogP contribution in [-0.4, -0.2) is 46.6 Å². The zero-order chi connectivity index (χ0) is 14.0. The van der Waals surface area contributed by atoms with Crippen molar-refractivity contribution in [2.75, 3.05) is 19.7 Å². The molecule has 1 aromatic heterocycles. The van der Waals surface area contributed by atoms with Crippen molar-refractivity contribution in [2.24, 2.45) is 5.41 Å². The first kappa shape index (κ1) is 13.5. The molecule has 108 valence electrons. The molecule has 0 N–H and O–H groups in total. The van der Waals surface area contributed by atoms with E-state index in [1.54, 1.807) is 13.3 Å². The van der Waals surface area contributed by atoms with Gasteiger partial charge in [-0.15, -0.1) is 0 Å². The summed E-state index contributed by atoms with van der Waals surface area (Å²) in [5.74, 6) is 0.191. The van der Waals surface area contributed by atoms with Crippen LogP contribution in [0.25, 0.3) is 0 Å². The molecule has 3 heterocycles. The molecule has 0 aromatic carbocycles. The highest BCUT2D eigenvalue weighted by atomic mass is 16.5. The molecule has 1 amide bonds. The van der Waals surface area contributed by atoms with Gasteiger partial charge in [0.1, 0.15) is 6.33 Å². The van der Waals surface area contributed by atoms with E-state index in [-0.39, 0.29) is 17.4 Å². The molecule has 2 saturated heterocycles. The number of piperidine rings is 1. The molecule has 2 aliphatic rings. The van der Waals surface area contributed by atoms with Gasteiger partial charge in [0.2, 0.25) is 5.91 Å². The molecule has 0 saturated carbocycles. The maximum Gasteiger partial charge on any atom is 0.219 e. The average molecular weight is 275 g/mol. The fraction of sp³-hybridized carbons (Fsp3) is 0.667. The van der Waals surface area contributed by atoms with Crippen LogP contribution < -0.4 is 0 Å². The molecule has 0 aliphatic carbocycles. The van der Waals surface area contributed by atoms with Gasteiger partial charge < -0.3 is 9.64 Å². The second-order valence-electron chi connectivity index (χ2n) is 6.09. The molecule has 1 aromatic rings. The highest BCUT2D eigenvalue weighted by Crippen LogP contribution is 2.42. The first-order chi connectivity index (χ1) is 9.67. The summed E-state index contributed by atoms with van der Waals surface area (Å²) >= 11 is 0. The van der Waals surface area contributed by atoms with Gasteiger partial charge in [-0.3, -0.25) is 4.79 Å². The summed E-state index contributed by atoms with van der Waals surface area (Å²) in [6.45, 7) is 4.23. The van der Waals surface area contributed by atoms with Crippen molar-refractivity contribution in [2.45, 2.75) is 38.7 Å². The number of likely N-dealkylation sites (tertiary alicyclic amines) is 1. The summed E-state index contributed by atoms with van der Waals surface area (Å²) < 4.78 is 5.99. The zero-order valence-corrected chi connectivity index (χ0v) is 11.9. The van der Waals surface area contributed by atoms with E-state index in [2.05, 4.69) is 9.97 Å². The quantitative estimate of drug-likeness (QED) is 0.819. The Balaban J connectivity index is 1.56. The van der Waals surface area contributed by atoms with Crippen LogP contribution in [0.3, 0.4) is 0 Å². The third-order valence-electron chi connectivity index (χ3n) is 4.63. The smallest absolute Gasteiger partial charge is 0.219 e. The fourth-order valence-corrected chi connectivity index (χ4v) is 3.37. The van der Waals surface area contributed by atoms with Crippen molar-refractivity contribution >= 4 is 5.91 Å². The van der Waals surface area contributed by atoms with E-state index in [0.717, 1.165) is 50.9 Å². The number of ether oxygens (including phenoxy) is 1. The second kappa shape index (κ2) is 5.48. The Bertz CT molecular complexity index is 469. The van der Waals surface area contributed by atoms with E-state index in [1.165, 1.54) is 0 Å². The minimum absolute atomic E-state index is 0.191. The van der Waals surface area contributed by atoms with Gasteiger partial charge in [0.15, 0.2) is 0 Å². The molecular formula is C15H21N3O2. The van der Waals surface area contributed by atoms with Crippen molar-refractivity contribution in [1.82, 2.24) is 14.9 Å². The second-order valence-corrected chi connectivity index (χ2v) is 6.09. The van der Waals surface area contributed by atoms with Crippen molar-refractivity contribution in [3.8, 4) is 0 Å². The normalized spacial score (nSPS) is 25.1. The van der Waals surface area contributed by atoms with Gasteiger partial charge in [0, 0.05) is 38.8 Å². The Hall–Kier alpha value is -1.49. The zero-order valence-electron chi connectivity index (χ0n) is 11.9. The Labute approximate surface area is 119 Å². The maximum atomic E-state index is 11.4. The molecule has 2 aliphatic heterocycles. The van der Waals surface area contributed by atoms with E-state index in [9.17, 15) is 4.79 Å². The third-order valence-corrected chi connectivity index (χ3v) is 4.63. The van der Waals surface area contributed by atoms with Gasteiger partial charge in [0.25, 0.3) is 0 Å². The topological polar surface area (TPSA) is 55.3 Å². The molecule has 2 fully saturated rings. The van der Waals surface area contributed by atoms with Gasteiger partial charge >= 0.3 is 0 Å². The first-order valence-electron chi connectivity index (χ1n) is 7.28. The molecule has 1 atom stereocenters. The largest absolute Gasteiger partial charge is 0.377 e. The molecule has 5 nitrogen and oxygen atoms in total. The molecule has 20 heavy (non-hydrogen) atoms. The van der Waals surface area contributed by atoms with Crippen molar-refractivity contribution in [3.05, 3.63) is 24.3 Å². The number of hydrogen-bond donors (Lipinski definition) is 0. The summed E-state index contributed by atoms with van der Waals surface area (Å²) in [5, 5.41) is 0. The predicted molar refractivity (Wildman–Crippen MR) is 74.0 cm³/mol. The lowest BCUT2D eigenvalue weighted by atomic mass is 9.76. The molecular weight excluding hydrogens is 254 g/mol. The number of rotatable bonds is 2.